The van der Waals surface area contributed by atoms with Gasteiger partial charge in [0.2, 0.25) is 0 Å². The molecule has 0 aliphatic rings. The van der Waals surface area contributed by atoms with Crippen LogP contribution in [0.2, 0.25) is 0 Å². The summed E-state index contributed by atoms with van der Waals surface area (Å²) in [5.41, 5.74) is 1.48. The summed E-state index contributed by atoms with van der Waals surface area (Å²) in [6.07, 6.45) is 4.50. The SMILES string of the molecule is C/C=C/Cc1c(C)[nH]c(=S)[nH]c1=O. The molecular weight excluding hydrogens is 184 g/mol. The quantitative estimate of drug-likeness (QED) is 0.560. The van der Waals surface area contributed by atoms with Crippen molar-refractivity contribution >= 4 is 12.2 Å². The van der Waals surface area contributed by atoms with E-state index in [2.05, 4.69) is 9.97 Å². The molecule has 13 heavy (non-hydrogen) atoms. The predicted octanol–water partition coefficient (Wildman–Crippen LogP) is 1.86. The summed E-state index contributed by atoms with van der Waals surface area (Å²) in [5.74, 6) is 0. The maximum atomic E-state index is 11.4. The molecule has 0 aromatic carbocycles. The van der Waals surface area contributed by atoms with Crippen molar-refractivity contribution in [3.63, 3.8) is 0 Å². The lowest BCUT2D eigenvalue weighted by molar-refractivity contribution is 0.973. The van der Waals surface area contributed by atoms with E-state index in [0.29, 0.717) is 11.2 Å². The third kappa shape index (κ3) is 2.39. The maximum Gasteiger partial charge on any atom is 0.255 e. The van der Waals surface area contributed by atoms with Gasteiger partial charge in [0.25, 0.3) is 5.56 Å². The molecule has 3 nitrogen and oxygen atoms in total. The summed E-state index contributed by atoms with van der Waals surface area (Å²) in [4.78, 5) is 16.9. The van der Waals surface area contributed by atoms with E-state index >= 15 is 0 Å². The van der Waals surface area contributed by atoms with E-state index in [0.717, 1.165) is 11.3 Å². The molecule has 4 heteroatoms. The molecule has 0 saturated carbocycles. The van der Waals surface area contributed by atoms with E-state index in [1.54, 1.807) is 0 Å². The Labute approximate surface area is 81.5 Å². The van der Waals surface area contributed by atoms with E-state index in [-0.39, 0.29) is 5.56 Å². The van der Waals surface area contributed by atoms with Crippen molar-refractivity contribution in [1.82, 2.24) is 9.97 Å². The number of aromatic amines is 2. The van der Waals surface area contributed by atoms with Crippen molar-refractivity contribution in [1.29, 1.82) is 0 Å². The molecule has 0 aliphatic heterocycles. The van der Waals surface area contributed by atoms with Gasteiger partial charge >= 0.3 is 0 Å². The van der Waals surface area contributed by atoms with Crippen LogP contribution in [-0.4, -0.2) is 9.97 Å². The summed E-state index contributed by atoms with van der Waals surface area (Å²) >= 11 is 4.83. The lowest BCUT2D eigenvalue weighted by atomic mass is 10.1. The van der Waals surface area contributed by atoms with Crippen LogP contribution in [0.25, 0.3) is 0 Å². The fraction of sp³-hybridized carbons (Fsp3) is 0.333. The van der Waals surface area contributed by atoms with Gasteiger partial charge in [0.05, 0.1) is 0 Å². The van der Waals surface area contributed by atoms with E-state index < -0.39 is 0 Å². The molecule has 1 rings (SSSR count). The van der Waals surface area contributed by atoms with Crippen molar-refractivity contribution in [3.05, 3.63) is 38.5 Å². The van der Waals surface area contributed by atoms with Crippen molar-refractivity contribution < 1.29 is 0 Å². The minimum Gasteiger partial charge on any atom is -0.336 e. The maximum absolute atomic E-state index is 11.4. The Balaban J connectivity index is 3.21. The van der Waals surface area contributed by atoms with Crippen LogP contribution >= 0.6 is 12.2 Å². The van der Waals surface area contributed by atoms with Gasteiger partial charge in [-0.05, 0) is 32.5 Å². The van der Waals surface area contributed by atoms with E-state index in [1.165, 1.54) is 0 Å². The van der Waals surface area contributed by atoms with Gasteiger partial charge in [0.1, 0.15) is 0 Å². The first kappa shape index (κ1) is 9.92. The van der Waals surface area contributed by atoms with Crippen LogP contribution in [0.3, 0.4) is 0 Å². The first-order chi connectivity index (χ1) is 6.15. The Morgan fingerprint density at radius 3 is 2.69 bits per heavy atom. The number of aromatic nitrogens is 2. The molecule has 0 fully saturated rings. The standard InChI is InChI=1S/C9H12N2OS/c1-3-4-5-7-6(2)10-9(13)11-8(7)12/h3-4H,5H2,1-2H3,(H2,10,11,12,13)/b4-3+. The van der Waals surface area contributed by atoms with Gasteiger partial charge in [0, 0.05) is 11.3 Å². The molecule has 70 valence electrons. The molecule has 0 aliphatic carbocycles. The van der Waals surface area contributed by atoms with Gasteiger partial charge in [-0.25, -0.2) is 0 Å². The Morgan fingerprint density at radius 2 is 2.15 bits per heavy atom. The van der Waals surface area contributed by atoms with Crippen LogP contribution in [0, 0.1) is 11.7 Å². The summed E-state index contributed by atoms with van der Waals surface area (Å²) in [6.45, 7) is 3.78. The number of H-pyrrole nitrogens is 2. The van der Waals surface area contributed by atoms with Crippen molar-refractivity contribution in [2.24, 2.45) is 0 Å². The Hall–Kier alpha value is -1.16. The average Bonchev–Trinajstić information content (AvgIpc) is 2.02. The van der Waals surface area contributed by atoms with Gasteiger partial charge in [0.15, 0.2) is 4.77 Å². The molecular formula is C9H12N2OS. The second-order valence-electron chi connectivity index (χ2n) is 2.78. The Morgan fingerprint density at radius 1 is 1.46 bits per heavy atom. The Bertz CT molecular complexity index is 428. The third-order valence-electron chi connectivity index (χ3n) is 1.81. The van der Waals surface area contributed by atoms with Gasteiger partial charge in [-0.1, -0.05) is 12.2 Å². The fourth-order valence-corrected chi connectivity index (χ4v) is 1.35. The summed E-state index contributed by atoms with van der Waals surface area (Å²) in [6, 6.07) is 0. The second-order valence-corrected chi connectivity index (χ2v) is 3.19. The number of nitrogens with one attached hydrogen (secondary N) is 2. The molecule has 0 bridgehead atoms. The van der Waals surface area contributed by atoms with Crippen molar-refractivity contribution in [2.45, 2.75) is 20.3 Å². The molecule has 1 aromatic heterocycles. The molecule has 1 aromatic rings. The third-order valence-corrected chi connectivity index (χ3v) is 2.02. The predicted molar refractivity (Wildman–Crippen MR) is 55.5 cm³/mol. The largest absolute Gasteiger partial charge is 0.336 e. The second kappa shape index (κ2) is 4.18. The van der Waals surface area contributed by atoms with Gasteiger partial charge in [-0.15, -0.1) is 0 Å². The van der Waals surface area contributed by atoms with Gasteiger partial charge in [-0.2, -0.15) is 0 Å². The zero-order chi connectivity index (χ0) is 9.84. The topological polar surface area (TPSA) is 48.6 Å². The molecule has 0 unspecified atom stereocenters. The highest BCUT2D eigenvalue weighted by Crippen LogP contribution is 1.98. The number of hydrogen-bond acceptors (Lipinski definition) is 2. The number of hydrogen-bond donors (Lipinski definition) is 2. The zero-order valence-corrected chi connectivity index (χ0v) is 8.49. The van der Waals surface area contributed by atoms with Crippen LogP contribution in [-0.2, 0) is 6.42 Å². The lowest BCUT2D eigenvalue weighted by Gasteiger charge is -2.00. The summed E-state index contributed by atoms with van der Waals surface area (Å²) in [5, 5.41) is 0. The highest BCUT2D eigenvalue weighted by atomic mass is 32.1. The van der Waals surface area contributed by atoms with Crippen LogP contribution in [0.5, 0.6) is 0 Å². The molecule has 0 saturated heterocycles. The highest BCUT2D eigenvalue weighted by Gasteiger charge is 2.01. The van der Waals surface area contributed by atoms with E-state index in [1.807, 2.05) is 26.0 Å². The number of allylic oxidation sites excluding steroid dienone is 2. The molecule has 0 radical (unpaired) electrons. The summed E-state index contributed by atoms with van der Waals surface area (Å²) in [7, 11) is 0. The number of rotatable bonds is 2. The van der Waals surface area contributed by atoms with E-state index in [4.69, 9.17) is 12.2 Å². The average molecular weight is 196 g/mol. The Kier molecular flexibility index (Phi) is 3.19. The van der Waals surface area contributed by atoms with Crippen LogP contribution in [0.1, 0.15) is 18.2 Å². The molecule has 0 spiro atoms. The summed E-state index contributed by atoms with van der Waals surface area (Å²) < 4.78 is 0.381. The molecule has 0 amide bonds. The minimum absolute atomic E-state index is 0.0978. The molecule has 1 heterocycles. The van der Waals surface area contributed by atoms with Crippen LogP contribution < -0.4 is 5.56 Å². The normalized spacial score (nSPS) is 10.9. The smallest absolute Gasteiger partial charge is 0.255 e. The van der Waals surface area contributed by atoms with Crippen molar-refractivity contribution in [2.75, 3.05) is 0 Å². The monoisotopic (exact) mass is 196 g/mol. The highest BCUT2D eigenvalue weighted by molar-refractivity contribution is 7.71. The first-order valence-corrected chi connectivity index (χ1v) is 4.49. The zero-order valence-electron chi connectivity index (χ0n) is 7.68. The van der Waals surface area contributed by atoms with Gasteiger partial charge in [-0.3, -0.25) is 9.78 Å². The molecule has 2 N–H and O–H groups in total. The number of aryl methyl sites for hydroxylation is 1. The van der Waals surface area contributed by atoms with Gasteiger partial charge < -0.3 is 4.98 Å². The van der Waals surface area contributed by atoms with Crippen LogP contribution in [0.15, 0.2) is 16.9 Å². The van der Waals surface area contributed by atoms with Crippen molar-refractivity contribution in [3.8, 4) is 0 Å². The van der Waals surface area contributed by atoms with E-state index in [9.17, 15) is 4.79 Å². The lowest BCUT2D eigenvalue weighted by Crippen LogP contribution is -2.15. The molecule has 0 atom stereocenters. The minimum atomic E-state index is -0.0978. The van der Waals surface area contributed by atoms with Crippen LogP contribution in [0.4, 0.5) is 0 Å². The first-order valence-electron chi connectivity index (χ1n) is 4.08. The fourth-order valence-electron chi connectivity index (χ4n) is 1.11.